The van der Waals surface area contributed by atoms with Crippen molar-refractivity contribution >= 4 is 34.8 Å². The zero-order valence-corrected chi connectivity index (χ0v) is 18.5. The fraction of sp³-hybridized carbons (Fsp3) is 0.217. The van der Waals surface area contributed by atoms with Gasteiger partial charge in [0.05, 0.1) is 13.1 Å². The Bertz CT molecular complexity index is 1180. The topological polar surface area (TPSA) is 67.2 Å². The maximum absolute atomic E-state index is 14.2. The second kappa shape index (κ2) is 9.11. The lowest BCUT2D eigenvalue weighted by Gasteiger charge is -2.31. The molecule has 33 heavy (non-hydrogen) atoms. The summed E-state index contributed by atoms with van der Waals surface area (Å²) in [5, 5.41) is 2.96. The lowest BCUT2D eigenvalue weighted by Crippen LogP contribution is -2.43. The molecule has 1 aromatic heterocycles. The third kappa shape index (κ3) is 4.86. The first-order valence-corrected chi connectivity index (χ1v) is 10.6. The predicted octanol–water partition coefficient (Wildman–Crippen LogP) is 5.41. The Balaban J connectivity index is 1.51. The van der Waals surface area contributed by atoms with Gasteiger partial charge in [0.2, 0.25) is 0 Å². The number of amides is 1. The largest absolute Gasteiger partial charge is 0.400 e. The second-order valence-corrected chi connectivity index (χ2v) is 8.48. The van der Waals surface area contributed by atoms with Crippen LogP contribution in [0, 0.1) is 0 Å². The van der Waals surface area contributed by atoms with Crippen LogP contribution in [0.5, 0.6) is 0 Å². The van der Waals surface area contributed by atoms with E-state index in [1.807, 2.05) is 0 Å². The smallest absolute Gasteiger partial charge is 0.345 e. The molecule has 3 aromatic rings. The molecule has 0 bridgehead atoms. The third-order valence-corrected chi connectivity index (χ3v) is 5.91. The summed E-state index contributed by atoms with van der Waals surface area (Å²) in [6.45, 7) is -0.313. The Labute approximate surface area is 197 Å². The summed E-state index contributed by atoms with van der Waals surface area (Å²) in [5.41, 5.74) is -1.07. The lowest BCUT2D eigenvalue weighted by atomic mass is 9.76. The molecule has 1 atom stereocenters. The molecule has 1 aliphatic rings. The SMILES string of the molecule is O=C(NCc1ncccn1)c1ccc(C2=NCC(c3cc(Cl)cc(Cl)c3)(C(F)(F)F)C2)cc1. The Morgan fingerprint density at radius 3 is 2.27 bits per heavy atom. The minimum atomic E-state index is -4.56. The molecule has 1 amide bonds. The van der Waals surface area contributed by atoms with E-state index in [1.165, 1.54) is 18.2 Å². The number of aliphatic imine (C=N–C) groups is 1. The summed E-state index contributed by atoms with van der Waals surface area (Å²) in [7, 11) is 0. The number of hydrogen-bond acceptors (Lipinski definition) is 4. The van der Waals surface area contributed by atoms with Gasteiger partial charge in [0.25, 0.3) is 5.91 Å². The molecule has 170 valence electrons. The quantitative estimate of drug-likeness (QED) is 0.517. The standard InChI is InChI=1S/C23H17Cl2F3N4O/c24-17-8-16(9-18(25)10-17)22(23(26,27)28)11-19(32-13-22)14-2-4-15(5-3-14)21(33)31-12-20-29-6-1-7-30-20/h1-10H,11-13H2,(H,31,33). The van der Waals surface area contributed by atoms with Gasteiger partial charge in [0, 0.05) is 40.1 Å². The van der Waals surface area contributed by atoms with E-state index >= 15 is 0 Å². The summed E-state index contributed by atoms with van der Waals surface area (Å²) in [5.74, 6) is 0.118. The molecule has 0 fully saturated rings. The van der Waals surface area contributed by atoms with Gasteiger partial charge in [-0.05, 0) is 47.5 Å². The van der Waals surface area contributed by atoms with Crippen LogP contribution in [0.4, 0.5) is 13.2 Å². The van der Waals surface area contributed by atoms with Crippen LogP contribution in [-0.2, 0) is 12.0 Å². The highest BCUT2D eigenvalue weighted by molar-refractivity contribution is 6.34. The number of aromatic nitrogens is 2. The van der Waals surface area contributed by atoms with Crippen LogP contribution >= 0.6 is 23.2 Å². The molecule has 1 unspecified atom stereocenters. The van der Waals surface area contributed by atoms with Crippen molar-refractivity contribution in [1.29, 1.82) is 0 Å². The van der Waals surface area contributed by atoms with Gasteiger partial charge in [-0.1, -0.05) is 35.3 Å². The zero-order valence-electron chi connectivity index (χ0n) is 17.0. The van der Waals surface area contributed by atoms with Gasteiger partial charge < -0.3 is 5.32 Å². The number of carbonyl (C=O) groups is 1. The van der Waals surface area contributed by atoms with E-state index in [0.29, 0.717) is 22.7 Å². The van der Waals surface area contributed by atoms with Gasteiger partial charge in [-0.2, -0.15) is 13.2 Å². The number of benzene rings is 2. The number of halogens is 5. The first-order valence-electron chi connectivity index (χ1n) is 9.89. The zero-order chi connectivity index (χ0) is 23.6. The molecule has 2 heterocycles. The number of alkyl halides is 3. The Morgan fingerprint density at radius 1 is 1.03 bits per heavy atom. The number of hydrogen-bond donors (Lipinski definition) is 1. The molecule has 1 N–H and O–H groups in total. The van der Waals surface area contributed by atoms with Crippen molar-refractivity contribution in [1.82, 2.24) is 15.3 Å². The molecule has 5 nitrogen and oxygen atoms in total. The highest BCUT2D eigenvalue weighted by Gasteiger charge is 2.58. The second-order valence-electron chi connectivity index (χ2n) is 7.60. The van der Waals surface area contributed by atoms with Crippen LogP contribution in [0.3, 0.4) is 0 Å². The molecule has 0 saturated carbocycles. The summed E-state index contributed by atoms with van der Waals surface area (Å²) < 4.78 is 42.7. The van der Waals surface area contributed by atoms with Gasteiger partial charge in [0.15, 0.2) is 0 Å². The van der Waals surface area contributed by atoms with Crippen molar-refractivity contribution in [3.8, 4) is 0 Å². The van der Waals surface area contributed by atoms with E-state index in [0.717, 1.165) is 0 Å². The maximum atomic E-state index is 14.2. The van der Waals surface area contributed by atoms with Crippen molar-refractivity contribution < 1.29 is 18.0 Å². The lowest BCUT2D eigenvalue weighted by molar-refractivity contribution is -0.183. The minimum Gasteiger partial charge on any atom is -0.345 e. The van der Waals surface area contributed by atoms with E-state index in [2.05, 4.69) is 20.3 Å². The molecule has 10 heteroatoms. The van der Waals surface area contributed by atoms with Gasteiger partial charge >= 0.3 is 6.18 Å². The van der Waals surface area contributed by atoms with Gasteiger partial charge in [-0.15, -0.1) is 0 Å². The highest BCUT2D eigenvalue weighted by Crippen LogP contribution is 2.48. The summed E-state index contributed by atoms with van der Waals surface area (Å²) in [4.78, 5) is 24.6. The summed E-state index contributed by atoms with van der Waals surface area (Å²) >= 11 is 11.9. The third-order valence-electron chi connectivity index (χ3n) is 5.47. The van der Waals surface area contributed by atoms with Gasteiger partial charge in [-0.25, -0.2) is 9.97 Å². The Morgan fingerprint density at radius 2 is 1.67 bits per heavy atom. The van der Waals surface area contributed by atoms with E-state index in [4.69, 9.17) is 23.2 Å². The molecule has 2 aromatic carbocycles. The molecule has 4 rings (SSSR count). The van der Waals surface area contributed by atoms with Crippen LogP contribution in [0.1, 0.15) is 33.7 Å². The molecular formula is C23H17Cl2F3N4O. The Hall–Kier alpha value is -2.97. The van der Waals surface area contributed by atoms with Crippen LogP contribution in [0.25, 0.3) is 0 Å². The van der Waals surface area contributed by atoms with Crippen LogP contribution in [0.2, 0.25) is 10.0 Å². The van der Waals surface area contributed by atoms with Gasteiger partial charge in [-0.3, -0.25) is 9.79 Å². The van der Waals surface area contributed by atoms with Crippen LogP contribution < -0.4 is 5.32 Å². The van der Waals surface area contributed by atoms with E-state index in [9.17, 15) is 18.0 Å². The number of rotatable bonds is 5. The van der Waals surface area contributed by atoms with Crippen LogP contribution in [-0.4, -0.2) is 34.3 Å². The average Bonchev–Trinajstić information content (AvgIpc) is 3.25. The monoisotopic (exact) mass is 492 g/mol. The summed E-state index contributed by atoms with van der Waals surface area (Å²) in [6, 6.07) is 11.9. The fourth-order valence-electron chi connectivity index (χ4n) is 3.70. The fourth-order valence-corrected chi connectivity index (χ4v) is 4.22. The molecule has 0 spiro atoms. The number of nitrogens with zero attached hydrogens (tertiary/aromatic N) is 3. The highest BCUT2D eigenvalue weighted by atomic mass is 35.5. The first kappa shape index (κ1) is 23.2. The van der Waals surface area contributed by atoms with Crippen molar-refractivity contribution in [2.24, 2.45) is 4.99 Å². The average molecular weight is 493 g/mol. The van der Waals surface area contributed by atoms with E-state index in [-0.39, 0.29) is 34.5 Å². The first-order chi connectivity index (χ1) is 15.7. The molecular weight excluding hydrogens is 476 g/mol. The van der Waals surface area contributed by atoms with E-state index in [1.54, 1.807) is 42.7 Å². The van der Waals surface area contributed by atoms with Crippen LogP contribution in [0.15, 0.2) is 65.9 Å². The van der Waals surface area contributed by atoms with Crippen molar-refractivity contribution in [2.45, 2.75) is 24.6 Å². The number of carbonyl (C=O) groups excluding carboxylic acids is 1. The van der Waals surface area contributed by atoms with Crippen molar-refractivity contribution in [2.75, 3.05) is 6.54 Å². The molecule has 0 aliphatic carbocycles. The molecule has 1 aliphatic heterocycles. The molecule has 0 saturated heterocycles. The number of nitrogens with one attached hydrogen (secondary N) is 1. The van der Waals surface area contributed by atoms with E-state index < -0.39 is 18.1 Å². The van der Waals surface area contributed by atoms with Gasteiger partial charge in [0.1, 0.15) is 11.2 Å². The predicted molar refractivity (Wildman–Crippen MR) is 120 cm³/mol. The molecule has 0 radical (unpaired) electrons. The van der Waals surface area contributed by atoms with Crippen molar-refractivity contribution in [3.05, 3.63) is 93.5 Å². The van der Waals surface area contributed by atoms with Crippen molar-refractivity contribution in [3.63, 3.8) is 0 Å². The maximum Gasteiger partial charge on any atom is 0.400 e. The summed E-state index contributed by atoms with van der Waals surface area (Å²) in [6.07, 6.45) is -1.77. The minimum absolute atomic E-state index is 0.0228. The Kier molecular flexibility index (Phi) is 6.41. The normalized spacial score (nSPS) is 18.2.